The summed E-state index contributed by atoms with van der Waals surface area (Å²) in [5.41, 5.74) is 4.69. The predicted molar refractivity (Wildman–Crippen MR) is 123 cm³/mol. The fraction of sp³-hybridized carbons (Fsp3) is 0.435. The molecule has 0 aromatic heterocycles. The van der Waals surface area contributed by atoms with Gasteiger partial charge in [0.25, 0.3) is 0 Å². The van der Waals surface area contributed by atoms with Crippen LogP contribution in [0, 0.1) is 0 Å². The fourth-order valence-corrected chi connectivity index (χ4v) is 4.21. The van der Waals surface area contributed by atoms with Crippen LogP contribution in [0.15, 0.2) is 48.5 Å². The molecular formula is C23H31ClN4O2. The first-order chi connectivity index (χ1) is 14.2. The van der Waals surface area contributed by atoms with Crippen molar-refractivity contribution in [3.63, 3.8) is 0 Å². The van der Waals surface area contributed by atoms with E-state index in [1.807, 2.05) is 30.3 Å². The topological polar surface area (TPSA) is 67.8 Å². The Labute approximate surface area is 184 Å². The van der Waals surface area contributed by atoms with E-state index in [2.05, 4.69) is 38.6 Å². The third-order valence-corrected chi connectivity index (χ3v) is 5.76. The summed E-state index contributed by atoms with van der Waals surface area (Å²) in [6, 6.07) is 16.4. The van der Waals surface area contributed by atoms with E-state index in [1.54, 1.807) is 0 Å². The first-order valence-corrected chi connectivity index (χ1v) is 10.5. The number of β-amino-alcohol motifs (C(OH)–C–C–N with tert-alkyl or cyclic N) is 1. The number of nitrogens with zero attached hydrogens (tertiary/aromatic N) is 2. The summed E-state index contributed by atoms with van der Waals surface area (Å²) in [6.07, 6.45) is 1.00. The zero-order chi connectivity index (χ0) is 20.1. The maximum Gasteiger partial charge on any atom is 0.224 e. The molecule has 4 rings (SSSR count). The van der Waals surface area contributed by atoms with E-state index in [0.717, 1.165) is 44.8 Å². The minimum absolute atomic E-state index is 0. The first kappa shape index (κ1) is 22.6. The third-order valence-electron chi connectivity index (χ3n) is 5.76. The third kappa shape index (κ3) is 5.73. The lowest BCUT2D eigenvalue weighted by Crippen LogP contribution is -2.50. The molecular weight excluding hydrogens is 400 g/mol. The van der Waals surface area contributed by atoms with Gasteiger partial charge in [-0.3, -0.25) is 9.69 Å². The van der Waals surface area contributed by atoms with Crippen molar-refractivity contribution < 1.29 is 9.90 Å². The highest BCUT2D eigenvalue weighted by Gasteiger charge is 2.24. The number of aliphatic hydroxyl groups is 1. The molecule has 7 heteroatoms. The number of hydrogen-bond donors (Lipinski definition) is 3. The Morgan fingerprint density at radius 2 is 1.77 bits per heavy atom. The van der Waals surface area contributed by atoms with Crippen LogP contribution in [-0.2, 0) is 17.8 Å². The zero-order valence-electron chi connectivity index (χ0n) is 17.2. The maximum atomic E-state index is 11.7. The smallest absolute Gasteiger partial charge is 0.224 e. The second-order valence-electron chi connectivity index (χ2n) is 7.91. The van der Waals surface area contributed by atoms with E-state index in [9.17, 15) is 9.90 Å². The van der Waals surface area contributed by atoms with Crippen LogP contribution < -0.4 is 15.5 Å². The molecule has 2 aromatic carbocycles. The number of aliphatic hydroxyl groups excluding tert-OH is 1. The molecule has 0 saturated carbocycles. The molecule has 2 aliphatic heterocycles. The average molecular weight is 431 g/mol. The molecule has 1 unspecified atom stereocenters. The Morgan fingerprint density at radius 1 is 1.00 bits per heavy atom. The molecule has 2 aromatic rings. The molecule has 0 spiro atoms. The van der Waals surface area contributed by atoms with Crippen LogP contribution in [-0.4, -0.2) is 61.3 Å². The minimum atomic E-state index is -0.370. The van der Waals surface area contributed by atoms with Gasteiger partial charge in [-0.15, -0.1) is 12.4 Å². The molecule has 1 amide bonds. The average Bonchev–Trinajstić information content (AvgIpc) is 2.74. The quantitative estimate of drug-likeness (QED) is 0.628. The summed E-state index contributed by atoms with van der Waals surface area (Å²) in [5.74, 6) is 0.106. The van der Waals surface area contributed by atoms with Crippen molar-refractivity contribution in [1.29, 1.82) is 0 Å². The van der Waals surface area contributed by atoms with Gasteiger partial charge in [0.2, 0.25) is 5.91 Å². The number of halogens is 1. The summed E-state index contributed by atoms with van der Waals surface area (Å²) in [6.45, 7) is 5.82. The van der Waals surface area contributed by atoms with Gasteiger partial charge in [0.05, 0.1) is 6.10 Å². The van der Waals surface area contributed by atoms with Gasteiger partial charge in [0.15, 0.2) is 0 Å². The summed E-state index contributed by atoms with van der Waals surface area (Å²) < 4.78 is 0. The number of amides is 1. The summed E-state index contributed by atoms with van der Waals surface area (Å²) >= 11 is 0. The lowest BCUT2D eigenvalue weighted by atomic mass is 10.00. The number of carbonyl (C=O) groups excluding carboxylic acids is 1. The number of benzene rings is 2. The van der Waals surface area contributed by atoms with Gasteiger partial charge in [0, 0.05) is 63.6 Å². The zero-order valence-corrected chi connectivity index (χ0v) is 18.0. The van der Waals surface area contributed by atoms with Crippen molar-refractivity contribution in [2.45, 2.75) is 25.5 Å². The fourth-order valence-electron chi connectivity index (χ4n) is 4.21. The van der Waals surface area contributed by atoms with Crippen molar-refractivity contribution in [3.05, 3.63) is 59.7 Å². The van der Waals surface area contributed by atoms with Crippen molar-refractivity contribution >= 4 is 29.7 Å². The number of hydrogen-bond acceptors (Lipinski definition) is 5. The number of fused-ring (bicyclic) bond motifs is 1. The normalized spacial score (nSPS) is 17.6. The van der Waals surface area contributed by atoms with Gasteiger partial charge < -0.3 is 20.6 Å². The molecule has 30 heavy (non-hydrogen) atoms. The van der Waals surface area contributed by atoms with Gasteiger partial charge in [0.1, 0.15) is 0 Å². The monoisotopic (exact) mass is 430 g/mol. The number of rotatable bonds is 7. The van der Waals surface area contributed by atoms with E-state index in [4.69, 9.17) is 0 Å². The Bertz CT molecular complexity index is 825. The van der Waals surface area contributed by atoms with Crippen LogP contribution in [0.3, 0.4) is 0 Å². The van der Waals surface area contributed by atoms with Gasteiger partial charge in [-0.25, -0.2) is 0 Å². The molecule has 1 saturated heterocycles. The van der Waals surface area contributed by atoms with Crippen molar-refractivity contribution in [3.8, 4) is 0 Å². The van der Waals surface area contributed by atoms with E-state index < -0.39 is 0 Å². The van der Waals surface area contributed by atoms with Gasteiger partial charge >= 0.3 is 0 Å². The number of nitrogens with one attached hydrogen (secondary N) is 2. The molecule has 2 heterocycles. The Hall–Kier alpha value is -2.12. The van der Waals surface area contributed by atoms with E-state index in [0.29, 0.717) is 19.5 Å². The lowest BCUT2D eigenvalue weighted by Gasteiger charge is -2.38. The van der Waals surface area contributed by atoms with Crippen LogP contribution in [0.5, 0.6) is 0 Å². The molecule has 0 bridgehead atoms. The molecule has 1 atom stereocenters. The molecule has 1 fully saturated rings. The highest BCUT2D eigenvalue weighted by Crippen LogP contribution is 2.32. The van der Waals surface area contributed by atoms with E-state index >= 15 is 0 Å². The van der Waals surface area contributed by atoms with Crippen LogP contribution in [0.1, 0.15) is 17.5 Å². The molecule has 162 valence electrons. The molecule has 6 nitrogen and oxygen atoms in total. The van der Waals surface area contributed by atoms with Crippen molar-refractivity contribution in [1.82, 2.24) is 10.2 Å². The SMILES string of the molecule is Cl.O=C1CCc2c(cccc2N2CCN(CC(O)CNCc3ccccc3)CC2)N1. The summed E-state index contributed by atoms with van der Waals surface area (Å²) in [5, 5.41) is 16.7. The largest absolute Gasteiger partial charge is 0.390 e. The molecule has 3 N–H and O–H groups in total. The van der Waals surface area contributed by atoms with Crippen molar-refractivity contribution in [2.24, 2.45) is 0 Å². The first-order valence-electron chi connectivity index (χ1n) is 10.5. The molecule has 0 radical (unpaired) electrons. The summed E-state index contributed by atoms with van der Waals surface area (Å²) in [7, 11) is 0. The van der Waals surface area contributed by atoms with Crippen LogP contribution >= 0.6 is 12.4 Å². The highest BCUT2D eigenvalue weighted by molar-refractivity contribution is 5.95. The molecule has 0 aliphatic carbocycles. The number of carbonyl (C=O) groups is 1. The van der Waals surface area contributed by atoms with Gasteiger partial charge in [-0.05, 0) is 29.7 Å². The Morgan fingerprint density at radius 3 is 2.53 bits per heavy atom. The number of anilines is 2. The van der Waals surface area contributed by atoms with E-state index in [-0.39, 0.29) is 24.4 Å². The minimum Gasteiger partial charge on any atom is -0.390 e. The Kier molecular flexibility index (Phi) is 8.10. The maximum absolute atomic E-state index is 11.7. The summed E-state index contributed by atoms with van der Waals surface area (Å²) in [4.78, 5) is 16.4. The second kappa shape index (κ2) is 10.8. The van der Waals surface area contributed by atoms with Gasteiger partial charge in [-0.2, -0.15) is 0 Å². The van der Waals surface area contributed by atoms with Crippen LogP contribution in [0.4, 0.5) is 11.4 Å². The van der Waals surface area contributed by atoms with Crippen LogP contribution in [0.25, 0.3) is 0 Å². The predicted octanol–water partition coefficient (Wildman–Crippen LogP) is 2.27. The second-order valence-corrected chi connectivity index (χ2v) is 7.91. The standard InChI is InChI=1S/C23H30N4O2.ClH/c28-19(16-24-15-18-5-2-1-3-6-18)17-26-11-13-27(14-12-26)22-8-4-7-21-20(22)9-10-23(29)25-21;/h1-8,19,24,28H,9-17H2,(H,25,29);1H. The number of piperazine rings is 1. The van der Waals surface area contributed by atoms with E-state index in [1.165, 1.54) is 16.8 Å². The van der Waals surface area contributed by atoms with Gasteiger partial charge in [-0.1, -0.05) is 36.4 Å². The Balaban J connectivity index is 0.00000256. The molecule has 2 aliphatic rings. The van der Waals surface area contributed by atoms with Crippen LogP contribution in [0.2, 0.25) is 0 Å². The lowest BCUT2D eigenvalue weighted by molar-refractivity contribution is -0.116. The highest BCUT2D eigenvalue weighted by atomic mass is 35.5. The van der Waals surface area contributed by atoms with Crippen molar-refractivity contribution in [2.75, 3.05) is 49.5 Å².